The van der Waals surface area contributed by atoms with Gasteiger partial charge in [0.15, 0.2) is 3.92 Å². The minimum atomic E-state index is -0.426. The Bertz CT molecular complexity index is 548. The highest BCUT2D eigenvalue weighted by Crippen LogP contribution is 2.17. The molecule has 2 aromatic rings. The van der Waals surface area contributed by atoms with Crippen molar-refractivity contribution in [3.63, 3.8) is 0 Å². The molecule has 0 aliphatic rings. The van der Waals surface area contributed by atoms with Gasteiger partial charge < -0.3 is 10.7 Å². The third-order valence-corrected chi connectivity index (χ3v) is 3.07. The number of aryl methyl sites for hydroxylation is 1. The quantitative estimate of drug-likeness (QED) is 0.738. The molecule has 0 aliphatic carbocycles. The molecule has 0 radical (unpaired) electrons. The van der Waals surface area contributed by atoms with Crippen LogP contribution in [-0.4, -0.2) is 14.6 Å². The Balaban J connectivity index is 2.92. The maximum atomic E-state index is 11.6. The van der Waals surface area contributed by atoms with Gasteiger partial charge in [0.25, 0.3) is 0 Å². The Labute approximate surface area is 90.3 Å². The fourth-order valence-corrected chi connectivity index (χ4v) is 2.33. The van der Waals surface area contributed by atoms with E-state index in [4.69, 9.17) is 0 Å². The summed E-state index contributed by atoms with van der Waals surface area (Å²) in [4.78, 5) is 16.2. The highest BCUT2D eigenvalue weighted by atomic mass is 79.9. The third-order valence-electron chi connectivity index (χ3n) is 1.73. The lowest BCUT2D eigenvalue weighted by Gasteiger charge is -2.02. The molecule has 0 fully saturated rings. The summed E-state index contributed by atoms with van der Waals surface area (Å²) in [5.41, 5.74) is 0.565. The number of nitrogens with two attached hydrogens (primary N) is 1. The average molecular weight is 277 g/mol. The molecule has 2 N–H and O–H groups in total. The molecule has 8 heteroatoms. The van der Waals surface area contributed by atoms with Gasteiger partial charge in [0, 0.05) is 0 Å². The molecular weight excluding hydrogens is 272 g/mol. The van der Waals surface area contributed by atoms with Crippen LogP contribution in [0.2, 0.25) is 0 Å². The summed E-state index contributed by atoms with van der Waals surface area (Å²) in [5.74, 6) is 0. The molecule has 0 aliphatic heterocycles. The van der Waals surface area contributed by atoms with Gasteiger partial charge in [-0.3, -0.25) is 4.79 Å². The molecule has 6 nitrogen and oxygen atoms in total. The summed E-state index contributed by atoms with van der Waals surface area (Å²) in [6.45, 7) is 1.62. The van der Waals surface area contributed by atoms with Crippen molar-refractivity contribution < 1.29 is 5.48 Å². The van der Waals surface area contributed by atoms with Gasteiger partial charge in [-0.15, -0.1) is 5.10 Å². The average Bonchev–Trinajstić information content (AvgIpc) is 2.47. The monoisotopic (exact) mass is 276 g/mol. The number of fused-ring (bicyclic) bond motifs is 1. The second kappa shape index (κ2) is 3.39. The normalized spacial score (nSPS) is 11.1. The van der Waals surface area contributed by atoms with Gasteiger partial charge in [-0.25, -0.2) is 4.98 Å². The molecule has 0 aromatic carbocycles. The highest BCUT2D eigenvalue weighted by molar-refractivity contribution is 9.11. The van der Waals surface area contributed by atoms with Crippen molar-refractivity contribution in [1.29, 1.82) is 0 Å². The van der Waals surface area contributed by atoms with Crippen LogP contribution in [0.3, 0.4) is 0 Å². The van der Waals surface area contributed by atoms with Crippen molar-refractivity contribution in [3.05, 3.63) is 25.2 Å². The maximum Gasteiger partial charge on any atom is 0.336 e. The van der Waals surface area contributed by atoms with Crippen molar-refractivity contribution >= 4 is 37.9 Å². The van der Waals surface area contributed by atoms with Gasteiger partial charge in [-0.2, -0.15) is 4.52 Å². The van der Waals surface area contributed by atoms with Crippen molar-refractivity contribution in [2.24, 2.45) is 0 Å². The zero-order valence-corrected chi connectivity index (χ0v) is 9.42. The molecule has 0 unspecified atom stereocenters. The fourth-order valence-electron chi connectivity index (χ4n) is 1.07. The summed E-state index contributed by atoms with van der Waals surface area (Å²) in [7, 11) is 0. The lowest BCUT2D eigenvalue weighted by atomic mass is 10.4. The summed E-state index contributed by atoms with van der Waals surface area (Å²) in [6, 6.07) is 0. The van der Waals surface area contributed by atoms with Crippen LogP contribution in [0.15, 0.2) is 8.71 Å². The van der Waals surface area contributed by atoms with Crippen LogP contribution >= 0.6 is 27.3 Å². The van der Waals surface area contributed by atoms with Crippen LogP contribution in [0.5, 0.6) is 0 Å². The van der Waals surface area contributed by atoms with E-state index >= 15 is 0 Å². The minimum Gasteiger partial charge on any atom is -0.630 e. The first kappa shape index (κ1) is 9.71. The van der Waals surface area contributed by atoms with E-state index in [1.165, 1.54) is 11.3 Å². The first-order valence-electron chi connectivity index (χ1n) is 3.64. The number of quaternary nitrogens is 1. The lowest BCUT2D eigenvalue weighted by Crippen LogP contribution is -2.73. The van der Waals surface area contributed by atoms with Gasteiger partial charge in [0.2, 0.25) is 10.6 Å². The van der Waals surface area contributed by atoms with E-state index in [-0.39, 0.29) is 5.69 Å². The fraction of sp³-hybridized carbons (Fsp3) is 0.167. The van der Waals surface area contributed by atoms with Gasteiger partial charge in [0.05, 0.1) is 0 Å². The van der Waals surface area contributed by atoms with Crippen molar-refractivity contribution in [1.82, 2.24) is 14.6 Å². The topological polar surface area (TPSA) is 86.9 Å². The van der Waals surface area contributed by atoms with E-state index in [1.807, 2.05) is 0 Å². The molecule has 0 amide bonds. The Kier molecular flexibility index (Phi) is 2.35. The number of rotatable bonds is 1. The number of hydrogen-bond acceptors (Lipinski definition) is 5. The smallest absolute Gasteiger partial charge is 0.336 e. The predicted octanol–water partition coefficient (Wildman–Crippen LogP) is -0.0854. The maximum absolute atomic E-state index is 11.6. The van der Waals surface area contributed by atoms with Crippen molar-refractivity contribution in [3.8, 4) is 0 Å². The van der Waals surface area contributed by atoms with Gasteiger partial charge in [-0.1, -0.05) is 11.3 Å². The Morgan fingerprint density at radius 2 is 2.36 bits per heavy atom. The van der Waals surface area contributed by atoms with Crippen LogP contribution in [0.1, 0.15) is 5.69 Å². The van der Waals surface area contributed by atoms with E-state index < -0.39 is 5.56 Å². The molecule has 14 heavy (non-hydrogen) atoms. The van der Waals surface area contributed by atoms with Crippen LogP contribution in [0, 0.1) is 12.1 Å². The second-order valence-corrected chi connectivity index (χ2v) is 4.82. The molecule has 2 rings (SSSR count). The lowest BCUT2D eigenvalue weighted by molar-refractivity contribution is -0.499. The van der Waals surface area contributed by atoms with Crippen LogP contribution < -0.4 is 11.0 Å². The van der Waals surface area contributed by atoms with E-state index in [1.54, 1.807) is 6.92 Å². The summed E-state index contributed by atoms with van der Waals surface area (Å²) in [6.07, 6.45) is 0. The van der Waals surface area contributed by atoms with E-state index in [0.29, 0.717) is 20.1 Å². The molecule has 74 valence electrons. The Morgan fingerprint density at radius 3 is 3.00 bits per heavy atom. The van der Waals surface area contributed by atoms with Crippen LogP contribution in [0.4, 0.5) is 5.69 Å². The second-order valence-electron chi connectivity index (χ2n) is 2.58. The molecular formula is C6H5BrN4O2S. The van der Waals surface area contributed by atoms with Gasteiger partial charge >= 0.3 is 5.56 Å². The zero-order valence-electron chi connectivity index (χ0n) is 7.02. The first-order valence-corrected chi connectivity index (χ1v) is 5.25. The van der Waals surface area contributed by atoms with Crippen LogP contribution in [-0.2, 0) is 0 Å². The zero-order chi connectivity index (χ0) is 10.3. The summed E-state index contributed by atoms with van der Waals surface area (Å²) in [5, 5.41) is 14.5. The number of aromatic nitrogens is 3. The molecule has 2 aromatic heterocycles. The van der Waals surface area contributed by atoms with Crippen molar-refractivity contribution in [2.45, 2.75) is 6.92 Å². The number of nitrogens with zero attached hydrogens (tertiary/aromatic N) is 3. The molecule has 0 spiro atoms. The first-order chi connectivity index (χ1) is 6.63. The molecule has 2 heterocycles. The third kappa shape index (κ3) is 1.36. The standard InChI is InChI=1S/C6H5BrN4O2S/c1-2-3(10-13)4(12)11-6(8-2)14-5(7)9-11/h10H2,1H3. The summed E-state index contributed by atoms with van der Waals surface area (Å²) >= 11 is 4.39. The van der Waals surface area contributed by atoms with Gasteiger partial charge in [-0.05, 0) is 22.9 Å². The van der Waals surface area contributed by atoms with E-state index in [0.717, 1.165) is 4.52 Å². The molecule has 0 saturated carbocycles. The molecule has 0 bridgehead atoms. The van der Waals surface area contributed by atoms with E-state index in [2.05, 4.69) is 26.0 Å². The Morgan fingerprint density at radius 1 is 1.64 bits per heavy atom. The van der Waals surface area contributed by atoms with E-state index in [9.17, 15) is 10.0 Å². The van der Waals surface area contributed by atoms with Crippen LogP contribution in [0.25, 0.3) is 4.96 Å². The predicted molar refractivity (Wildman–Crippen MR) is 54.5 cm³/mol. The number of hydrogen-bond donors (Lipinski definition) is 1. The summed E-state index contributed by atoms with van der Waals surface area (Å²) < 4.78 is 1.68. The minimum absolute atomic E-state index is 0.0558. The Hall–Kier alpha value is -0.830. The highest BCUT2D eigenvalue weighted by Gasteiger charge is 2.13. The largest absolute Gasteiger partial charge is 0.630 e. The molecule has 0 saturated heterocycles. The molecule has 0 atom stereocenters. The van der Waals surface area contributed by atoms with Crippen molar-refractivity contribution in [2.75, 3.05) is 0 Å². The SMILES string of the molecule is Cc1nc2sc(Br)nn2c(=O)c1[NH2+][O-]. The number of halogens is 1. The van der Waals surface area contributed by atoms with Gasteiger partial charge in [0.1, 0.15) is 5.69 Å².